The average Bonchev–Trinajstić information content (AvgIpc) is 3.45. The normalized spacial score (nSPS) is 16.6. The molecule has 2 aliphatic heterocycles. The molecule has 11 nitrogen and oxygen atoms in total. The molecule has 4 aromatic rings. The van der Waals surface area contributed by atoms with Gasteiger partial charge in [-0.1, -0.05) is 0 Å². The van der Waals surface area contributed by atoms with Crippen LogP contribution in [0.25, 0.3) is 10.9 Å². The van der Waals surface area contributed by atoms with Crippen LogP contribution in [0.2, 0.25) is 0 Å². The number of aromatic nitrogens is 1. The molecular weight excluding hydrogens is 608 g/mol. The molecule has 11 heteroatoms. The maximum atomic E-state index is 13.1. The van der Waals surface area contributed by atoms with E-state index in [2.05, 4.69) is 27.1 Å². The summed E-state index contributed by atoms with van der Waals surface area (Å²) in [5.74, 6) is 0.784. The fraction of sp³-hybridized carbons (Fsp3) is 0.378. The van der Waals surface area contributed by atoms with Gasteiger partial charge in [0.15, 0.2) is 5.88 Å². The van der Waals surface area contributed by atoms with Gasteiger partial charge in [-0.3, -0.25) is 9.69 Å². The second-order valence-corrected chi connectivity index (χ2v) is 12.6. The number of carbonyl (C=O) groups is 2. The topological polar surface area (TPSA) is 123 Å². The second kappa shape index (κ2) is 15.0. The van der Waals surface area contributed by atoms with Gasteiger partial charge in [-0.25, -0.2) is 9.79 Å². The quantitative estimate of drug-likeness (QED) is 0.170. The maximum Gasteiger partial charge on any atom is 0.337 e. The number of carbonyl (C=O) groups excluding carboxylic acids is 2. The Bertz CT molecular complexity index is 1750. The minimum Gasteiger partial charge on any atom is -0.494 e. The summed E-state index contributed by atoms with van der Waals surface area (Å²) in [6, 6.07) is 20.3. The average molecular weight is 653 g/mol. The van der Waals surface area contributed by atoms with Crippen molar-refractivity contribution in [3.8, 4) is 11.6 Å². The summed E-state index contributed by atoms with van der Waals surface area (Å²) in [6.07, 6.45) is 2.20. The summed E-state index contributed by atoms with van der Waals surface area (Å²) in [6.45, 7) is 6.73. The molecule has 6 rings (SSSR count). The summed E-state index contributed by atoms with van der Waals surface area (Å²) in [5, 5.41) is 15.2. The fourth-order valence-corrected chi connectivity index (χ4v) is 6.23. The molecule has 2 aliphatic rings. The van der Waals surface area contributed by atoms with Gasteiger partial charge in [0.1, 0.15) is 5.75 Å². The Hall–Kier alpha value is -4.71. The number of piperidine rings is 1. The number of ether oxygens (including phenoxy) is 2. The number of likely N-dealkylation sites (N-methyl/N-ethyl adjacent to an activating group) is 2. The third-order valence-corrected chi connectivity index (χ3v) is 9.32. The monoisotopic (exact) mass is 652 g/mol. The number of nitrogens with zero attached hydrogens (tertiary/aromatic N) is 4. The number of piperazine rings is 1. The predicted molar refractivity (Wildman–Crippen MR) is 188 cm³/mol. The van der Waals surface area contributed by atoms with Crippen LogP contribution >= 0.6 is 0 Å². The number of hydrogen-bond donors (Lipinski definition) is 3. The van der Waals surface area contributed by atoms with Crippen molar-refractivity contribution in [2.75, 3.05) is 78.5 Å². The lowest BCUT2D eigenvalue weighted by Crippen LogP contribution is -2.48. The zero-order valence-electron chi connectivity index (χ0n) is 27.9. The molecule has 3 N–H and O–H groups in total. The first-order valence-corrected chi connectivity index (χ1v) is 16.5. The standard InChI is InChI=1S/C37H44N6O5/c1-41-18-20-43(21-19-41)23-33(44)42(2)29-9-7-28(8-10-29)39-35(26-4-11-30(12-5-26)48-24-25-14-16-38-17-15-25)34-31-22-27(37(46)47-3)6-13-32(31)40-36(34)45/h4-13,22,25,38,40,45H,14-21,23-24H2,1-3H3. The van der Waals surface area contributed by atoms with Gasteiger partial charge in [-0.15, -0.1) is 0 Å². The van der Waals surface area contributed by atoms with E-state index in [1.807, 2.05) is 48.5 Å². The van der Waals surface area contributed by atoms with Crippen LogP contribution < -0.4 is 15.0 Å². The molecule has 0 spiro atoms. The minimum absolute atomic E-state index is 0.0316. The molecule has 1 aromatic heterocycles. The van der Waals surface area contributed by atoms with Gasteiger partial charge in [-0.05, 0) is 106 Å². The molecule has 0 bridgehead atoms. The lowest BCUT2D eigenvalue weighted by Gasteiger charge is -2.32. The van der Waals surface area contributed by atoms with E-state index >= 15 is 0 Å². The molecule has 3 heterocycles. The summed E-state index contributed by atoms with van der Waals surface area (Å²) in [5.41, 5.74) is 4.15. The highest BCUT2D eigenvalue weighted by molar-refractivity contribution is 6.22. The van der Waals surface area contributed by atoms with Gasteiger partial charge in [-0.2, -0.15) is 0 Å². The van der Waals surface area contributed by atoms with Crippen LogP contribution in [-0.4, -0.2) is 111 Å². The zero-order chi connectivity index (χ0) is 33.6. The smallest absolute Gasteiger partial charge is 0.337 e. The molecule has 3 aromatic carbocycles. The zero-order valence-corrected chi connectivity index (χ0v) is 27.9. The van der Waals surface area contributed by atoms with Crippen molar-refractivity contribution in [1.82, 2.24) is 20.1 Å². The SMILES string of the molecule is COC(=O)c1ccc2[nH]c(O)c(C(=Nc3ccc(N(C)C(=O)CN4CCN(C)CC4)cc3)c3ccc(OCC4CCNCC4)cc3)c2c1. The fourth-order valence-electron chi connectivity index (χ4n) is 6.23. The van der Waals surface area contributed by atoms with Crippen LogP contribution in [0, 0.1) is 5.92 Å². The number of methoxy groups -OCH3 is 1. The molecule has 2 fully saturated rings. The largest absolute Gasteiger partial charge is 0.494 e. The number of amides is 1. The maximum absolute atomic E-state index is 13.1. The Morgan fingerprint density at radius 2 is 1.65 bits per heavy atom. The third-order valence-electron chi connectivity index (χ3n) is 9.32. The van der Waals surface area contributed by atoms with Gasteiger partial charge in [0, 0.05) is 55.4 Å². The van der Waals surface area contributed by atoms with E-state index in [9.17, 15) is 14.7 Å². The van der Waals surface area contributed by atoms with Crippen molar-refractivity contribution in [3.63, 3.8) is 0 Å². The van der Waals surface area contributed by atoms with Crippen LogP contribution in [0.4, 0.5) is 11.4 Å². The number of nitrogens with one attached hydrogen (secondary N) is 2. The highest BCUT2D eigenvalue weighted by Crippen LogP contribution is 2.33. The summed E-state index contributed by atoms with van der Waals surface area (Å²) in [7, 11) is 5.23. The summed E-state index contributed by atoms with van der Waals surface area (Å²) >= 11 is 0. The summed E-state index contributed by atoms with van der Waals surface area (Å²) in [4.78, 5) is 39.7. The summed E-state index contributed by atoms with van der Waals surface area (Å²) < 4.78 is 11.1. The van der Waals surface area contributed by atoms with Gasteiger partial charge < -0.3 is 34.7 Å². The molecule has 252 valence electrons. The number of fused-ring (bicyclic) bond motifs is 1. The first-order chi connectivity index (χ1) is 23.3. The molecule has 0 aliphatic carbocycles. The molecule has 0 atom stereocenters. The molecule has 2 saturated heterocycles. The Labute approximate surface area is 281 Å². The minimum atomic E-state index is -0.473. The third kappa shape index (κ3) is 7.70. The van der Waals surface area contributed by atoms with Crippen molar-refractivity contribution in [2.24, 2.45) is 10.9 Å². The van der Waals surface area contributed by atoms with Gasteiger partial charge in [0.25, 0.3) is 0 Å². The highest BCUT2D eigenvalue weighted by atomic mass is 16.5. The highest BCUT2D eigenvalue weighted by Gasteiger charge is 2.22. The first-order valence-electron chi connectivity index (χ1n) is 16.5. The van der Waals surface area contributed by atoms with Crippen molar-refractivity contribution < 1.29 is 24.2 Å². The van der Waals surface area contributed by atoms with Crippen LogP contribution in [0.3, 0.4) is 0 Å². The molecule has 0 saturated carbocycles. The Morgan fingerprint density at radius 3 is 2.33 bits per heavy atom. The van der Waals surface area contributed by atoms with Crippen molar-refractivity contribution in [1.29, 1.82) is 0 Å². The second-order valence-electron chi connectivity index (χ2n) is 12.6. The van der Waals surface area contributed by atoms with Crippen LogP contribution in [0.1, 0.15) is 34.3 Å². The Morgan fingerprint density at radius 1 is 0.958 bits per heavy atom. The number of rotatable bonds is 10. The number of anilines is 1. The Kier molecular flexibility index (Phi) is 10.4. The van der Waals surface area contributed by atoms with E-state index in [0.717, 1.165) is 69.1 Å². The van der Waals surface area contributed by atoms with Crippen LogP contribution in [0.15, 0.2) is 71.7 Å². The molecule has 1 amide bonds. The molecule has 0 radical (unpaired) electrons. The van der Waals surface area contributed by atoms with E-state index in [0.29, 0.717) is 52.5 Å². The lowest BCUT2D eigenvalue weighted by atomic mass is 9.99. The van der Waals surface area contributed by atoms with Gasteiger partial charge >= 0.3 is 5.97 Å². The van der Waals surface area contributed by atoms with Crippen molar-refractivity contribution in [2.45, 2.75) is 12.8 Å². The molecule has 48 heavy (non-hydrogen) atoms. The van der Waals surface area contributed by atoms with E-state index < -0.39 is 5.97 Å². The van der Waals surface area contributed by atoms with E-state index in [4.69, 9.17) is 14.5 Å². The number of esters is 1. The number of H-pyrrole nitrogens is 1. The Balaban J connectivity index is 1.29. The number of hydrogen-bond acceptors (Lipinski definition) is 9. The first kappa shape index (κ1) is 33.2. The van der Waals surface area contributed by atoms with E-state index in [1.165, 1.54) is 7.11 Å². The van der Waals surface area contributed by atoms with Gasteiger partial charge in [0.2, 0.25) is 5.91 Å². The van der Waals surface area contributed by atoms with Gasteiger partial charge in [0.05, 0.1) is 42.8 Å². The number of aliphatic imine (C=N–C) groups is 1. The van der Waals surface area contributed by atoms with Crippen molar-refractivity contribution in [3.05, 3.63) is 83.4 Å². The number of aromatic hydroxyl groups is 1. The number of aromatic amines is 1. The molecule has 0 unspecified atom stereocenters. The number of benzene rings is 3. The molecular formula is C37H44N6O5. The van der Waals surface area contributed by atoms with Crippen LogP contribution in [0.5, 0.6) is 11.6 Å². The van der Waals surface area contributed by atoms with E-state index in [1.54, 1.807) is 30.1 Å². The van der Waals surface area contributed by atoms with Crippen LogP contribution in [-0.2, 0) is 9.53 Å². The van der Waals surface area contributed by atoms with E-state index in [-0.39, 0.29) is 11.8 Å². The lowest BCUT2D eigenvalue weighted by molar-refractivity contribution is -0.119. The predicted octanol–water partition coefficient (Wildman–Crippen LogP) is 4.42. The van der Waals surface area contributed by atoms with Crippen molar-refractivity contribution >= 4 is 39.9 Å².